The minimum absolute atomic E-state index is 0.0747. The summed E-state index contributed by atoms with van der Waals surface area (Å²) in [6.45, 7) is -0.377. The lowest BCUT2D eigenvalue weighted by atomic mass is 10.1. The molecular weight excluding hydrogens is 424 g/mol. The number of hydrogen-bond acceptors (Lipinski definition) is 6. The van der Waals surface area contributed by atoms with Crippen molar-refractivity contribution in [1.82, 2.24) is 4.90 Å². The van der Waals surface area contributed by atoms with Gasteiger partial charge in [0, 0.05) is 11.8 Å². The number of imide groups is 1. The van der Waals surface area contributed by atoms with Gasteiger partial charge in [-0.1, -0.05) is 36.4 Å². The van der Waals surface area contributed by atoms with Gasteiger partial charge in [0.25, 0.3) is 17.7 Å². The molecule has 166 valence electrons. The molecule has 0 saturated carbocycles. The topological polar surface area (TPSA) is 102 Å². The number of hydrogen-bond donors (Lipinski definition) is 1. The number of rotatable bonds is 7. The van der Waals surface area contributed by atoms with Gasteiger partial charge in [-0.2, -0.15) is 0 Å². The first-order valence-electron chi connectivity index (χ1n) is 10.1. The highest BCUT2D eigenvalue weighted by atomic mass is 16.5. The van der Waals surface area contributed by atoms with Crippen molar-refractivity contribution >= 4 is 29.4 Å². The molecule has 3 aromatic carbocycles. The highest BCUT2D eigenvalue weighted by molar-refractivity contribution is 6.21. The maximum Gasteiger partial charge on any atom is 0.338 e. The van der Waals surface area contributed by atoms with Crippen molar-refractivity contribution in [3.8, 4) is 5.75 Å². The fourth-order valence-electron chi connectivity index (χ4n) is 3.44. The molecule has 1 aliphatic heterocycles. The summed E-state index contributed by atoms with van der Waals surface area (Å²) < 4.78 is 10.2. The number of nitrogens with zero attached hydrogens (tertiary/aromatic N) is 1. The van der Waals surface area contributed by atoms with Gasteiger partial charge in [-0.25, -0.2) is 4.79 Å². The number of nitrogens with one attached hydrogen (secondary N) is 1. The predicted molar refractivity (Wildman–Crippen MR) is 119 cm³/mol. The average molecular weight is 444 g/mol. The molecule has 0 aromatic heterocycles. The lowest BCUT2D eigenvalue weighted by Gasteiger charge is -2.13. The standard InChI is InChI=1S/C25H20N2O6/c1-32-19-9-5-8-18(13-19)26-22(28)15-33-25(31)17-10-11-20-21(12-17)24(30)27(23(20)29)14-16-6-3-2-4-7-16/h2-13H,14-15H2,1H3,(H,26,28). The normalized spacial score (nSPS) is 12.3. The van der Waals surface area contributed by atoms with E-state index in [1.807, 2.05) is 30.3 Å². The molecule has 0 radical (unpaired) electrons. The molecule has 0 atom stereocenters. The van der Waals surface area contributed by atoms with Gasteiger partial charge in [0.1, 0.15) is 5.75 Å². The van der Waals surface area contributed by atoms with Crippen LogP contribution in [0.3, 0.4) is 0 Å². The second kappa shape index (κ2) is 9.35. The van der Waals surface area contributed by atoms with Gasteiger partial charge in [-0.15, -0.1) is 0 Å². The van der Waals surface area contributed by atoms with Crippen LogP contribution in [0.25, 0.3) is 0 Å². The van der Waals surface area contributed by atoms with Crippen LogP contribution in [0, 0.1) is 0 Å². The molecule has 0 unspecified atom stereocenters. The van der Waals surface area contributed by atoms with Crippen molar-refractivity contribution in [2.45, 2.75) is 6.54 Å². The van der Waals surface area contributed by atoms with Crippen LogP contribution in [-0.2, 0) is 16.1 Å². The minimum atomic E-state index is -0.777. The summed E-state index contributed by atoms with van der Waals surface area (Å²) in [5, 5.41) is 2.61. The molecule has 3 aromatic rings. The van der Waals surface area contributed by atoms with Crippen LogP contribution >= 0.6 is 0 Å². The second-order valence-electron chi connectivity index (χ2n) is 7.30. The first-order chi connectivity index (χ1) is 16.0. The maximum absolute atomic E-state index is 12.8. The van der Waals surface area contributed by atoms with E-state index in [0.29, 0.717) is 11.4 Å². The number of esters is 1. The Balaban J connectivity index is 1.40. The molecule has 8 nitrogen and oxygen atoms in total. The number of carbonyl (C=O) groups is 4. The summed E-state index contributed by atoms with van der Waals surface area (Å²) in [4.78, 5) is 51.1. The number of benzene rings is 3. The third-order valence-electron chi connectivity index (χ3n) is 5.08. The molecule has 33 heavy (non-hydrogen) atoms. The SMILES string of the molecule is COc1cccc(NC(=O)COC(=O)c2ccc3c(c2)C(=O)N(Cc2ccccc2)C3=O)c1. The number of amides is 3. The molecule has 3 amide bonds. The van der Waals surface area contributed by atoms with Crippen molar-refractivity contribution in [2.75, 3.05) is 19.0 Å². The van der Waals surface area contributed by atoms with Gasteiger partial charge in [0.2, 0.25) is 0 Å². The quantitative estimate of drug-likeness (QED) is 0.443. The largest absolute Gasteiger partial charge is 0.497 e. The lowest BCUT2D eigenvalue weighted by Crippen LogP contribution is -2.29. The molecule has 4 rings (SSSR count). The fourth-order valence-corrected chi connectivity index (χ4v) is 3.44. The van der Waals surface area contributed by atoms with Crippen LogP contribution in [0.15, 0.2) is 72.8 Å². The van der Waals surface area contributed by atoms with E-state index in [-0.39, 0.29) is 23.2 Å². The van der Waals surface area contributed by atoms with E-state index in [4.69, 9.17) is 9.47 Å². The number of methoxy groups -OCH3 is 1. The Morgan fingerprint density at radius 2 is 1.64 bits per heavy atom. The van der Waals surface area contributed by atoms with Gasteiger partial charge in [-0.05, 0) is 35.9 Å². The molecule has 0 spiro atoms. The Morgan fingerprint density at radius 3 is 2.39 bits per heavy atom. The summed E-state index contributed by atoms with van der Waals surface area (Å²) in [5.41, 5.74) is 1.74. The van der Waals surface area contributed by atoms with E-state index >= 15 is 0 Å². The zero-order valence-electron chi connectivity index (χ0n) is 17.7. The first kappa shape index (κ1) is 21.8. The first-order valence-corrected chi connectivity index (χ1v) is 10.1. The highest BCUT2D eigenvalue weighted by Gasteiger charge is 2.36. The smallest absolute Gasteiger partial charge is 0.338 e. The Morgan fingerprint density at radius 1 is 0.879 bits per heavy atom. The third kappa shape index (κ3) is 4.74. The number of carbonyl (C=O) groups excluding carboxylic acids is 4. The van der Waals surface area contributed by atoms with Crippen molar-refractivity contribution in [1.29, 1.82) is 0 Å². The molecule has 0 fully saturated rings. The Labute approximate surface area is 189 Å². The summed E-state index contributed by atoms with van der Waals surface area (Å²) in [5.74, 6) is -1.64. The van der Waals surface area contributed by atoms with Crippen LogP contribution in [0.5, 0.6) is 5.75 Å². The van der Waals surface area contributed by atoms with Crippen LogP contribution in [0.4, 0.5) is 5.69 Å². The fraction of sp³-hybridized carbons (Fsp3) is 0.120. The predicted octanol–water partition coefficient (Wildman–Crippen LogP) is 3.29. The van der Waals surface area contributed by atoms with Gasteiger partial charge in [0.15, 0.2) is 6.61 Å². The minimum Gasteiger partial charge on any atom is -0.497 e. The van der Waals surface area contributed by atoms with E-state index in [1.165, 1.54) is 25.3 Å². The van der Waals surface area contributed by atoms with Gasteiger partial charge >= 0.3 is 5.97 Å². The van der Waals surface area contributed by atoms with Crippen LogP contribution in [0.1, 0.15) is 36.6 Å². The number of fused-ring (bicyclic) bond motifs is 1. The highest BCUT2D eigenvalue weighted by Crippen LogP contribution is 2.26. The zero-order valence-corrected chi connectivity index (χ0v) is 17.7. The number of ether oxygens (including phenoxy) is 2. The summed E-state index contributed by atoms with van der Waals surface area (Å²) in [6, 6.07) is 20.0. The zero-order chi connectivity index (χ0) is 23.4. The van der Waals surface area contributed by atoms with Crippen LogP contribution in [-0.4, -0.2) is 42.3 Å². The molecular formula is C25H20N2O6. The van der Waals surface area contributed by atoms with E-state index in [9.17, 15) is 19.2 Å². The van der Waals surface area contributed by atoms with Crippen LogP contribution < -0.4 is 10.1 Å². The monoisotopic (exact) mass is 444 g/mol. The lowest BCUT2D eigenvalue weighted by molar-refractivity contribution is -0.119. The molecule has 1 heterocycles. The molecule has 0 aliphatic carbocycles. The van der Waals surface area contributed by atoms with Gasteiger partial charge < -0.3 is 14.8 Å². The van der Waals surface area contributed by atoms with Crippen molar-refractivity contribution in [3.63, 3.8) is 0 Å². The van der Waals surface area contributed by atoms with Crippen LogP contribution in [0.2, 0.25) is 0 Å². The van der Waals surface area contributed by atoms with Gasteiger partial charge in [0.05, 0.1) is 30.3 Å². The van der Waals surface area contributed by atoms with E-state index < -0.39 is 30.3 Å². The maximum atomic E-state index is 12.8. The molecule has 0 saturated heterocycles. The second-order valence-corrected chi connectivity index (χ2v) is 7.30. The van der Waals surface area contributed by atoms with Gasteiger partial charge in [-0.3, -0.25) is 19.3 Å². The van der Waals surface area contributed by atoms with Crippen molar-refractivity contribution < 1.29 is 28.7 Å². The third-order valence-corrected chi connectivity index (χ3v) is 5.08. The number of anilines is 1. The molecule has 1 N–H and O–H groups in total. The Kier molecular flexibility index (Phi) is 6.17. The van der Waals surface area contributed by atoms with E-state index in [0.717, 1.165) is 10.5 Å². The summed E-state index contributed by atoms with van der Waals surface area (Å²) in [7, 11) is 1.51. The van der Waals surface area contributed by atoms with E-state index in [1.54, 1.807) is 24.3 Å². The van der Waals surface area contributed by atoms with E-state index in [2.05, 4.69) is 5.32 Å². The van der Waals surface area contributed by atoms with Crippen molar-refractivity contribution in [3.05, 3.63) is 95.1 Å². The molecule has 0 bridgehead atoms. The summed E-state index contributed by atoms with van der Waals surface area (Å²) >= 11 is 0. The molecule has 1 aliphatic rings. The average Bonchev–Trinajstić information content (AvgIpc) is 3.07. The Bertz CT molecular complexity index is 1240. The molecule has 8 heteroatoms. The Hall–Kier alpha value is -4.46. The van der Waals surface area contributed by atoms with Crippen molar-refractivity contribution in [2.24, 2.45) is 0 Å². The summed E-state index contributed by atoms with van der Waals surface area (Å²) in [6.07, 6.45) is 0.